The summed E-state index contributed by atoms with van der Waals surface area (Å²) in [6.45, 7) is 2.23. The molecule has 2 heterocycles. The van der Waals surface area contributed by atoms with Gasteiger partial charge in [0, 0.05) is 11.1 Å². The second-order valence-corrected chi connectivity index (χ2v) is 6.03. The van der Waals surface area contributed by atoms with Crippen molar-refractivity contribution in [1.82, 2.24) is 10.3 Å². The van der Waals surface area contributed by atoms with Crippen LogP contribution in [0.4, 0.5) is 11.4 Å². The Hall–Kier alpha value is -2.99. The first-order valence-corrected chi connectivity index (χ1v) is 8.32. The molecule has 3 rings (SSSR count). The third-order valence-corrected chi connectivity index (χ3v) is 4.17. The molecule has 2 aromatic heterocycles. The van der Waals surface area contributed by atoms with Crippen LogP contribution in [0, 0.1) is 6.92 Å². The van der Waals surface area contributed by atoms with Gasteiger partial charge in [-0.3, -0.25) is 4.79 Å². The van der Waals surface area contributed by atoms with Crippen LogP contribution in [0.2, 0.25) is 5.02 Å². The largest absolute Gasteiger partial charge is 0.495 e. The second-order valence-electron chi connectivity index (χ2n) is 5.62. The molecule has 0 aliphatic carbocycles. The van der Waals surface area contributed by atoms with Gasteiger partial charge in [-0.25, -0.2) is 4.98 Å². The van der Waals surface area contributed by atoms with Crippen molar-refractivity contribution in [2.45, 2.75) is 13.5 Å². The molecule has 0 bridgehead atoms. The lowest BCUT2D eigenvalue weighted by Gasteiger charge is -2.13. The molecular weight excluding hydrogens is 354 g/mol. The highest BCUT2D eigenvalue weighted by Gasteiger charge is 2.10. The lowest BCUT2D eigenvalue weighted by molar-refractivity contribution is 0.0943. The van der Waals surface area contributed by atoms with E-state index in [1.165, 1.54) is 0 Å². The number of pyridine rings is 1. The fourth-order valence-corrected chi connectivity index (χ4v) is 2.51. The van der Waals surface area contributed by atoms with Crippen molar-refractivity contribution in [3.8, 4) is 5.75 Å². The topological polar surface area (TPSA) is 76.4 Å². The summed E-state index contributed by atoms with van der Waals surface area (Å²) in [4.78, 5) is 16.3. The number of carbonyl (C=O) groups is 1. The van der Waals surface area contributed by atoms with Gasteiger partial charge >= 0.3 is 0 Å². The Morgan fingerprint density at radius 1 is 1.31 bits per heavy atom. The zero-order chi connectivity index (χ0) is 18.5. The van der Waals surface area contributed by atoms with Crippen molar-refractivity contribution in [1.29, 1.82) is 0 Å². The summed E-state index contributed by atoms with van der Waals surface area (Å²) in [5.41, 5.74) is 2.75. The molecule has 1 aromatic carbocycles. The number of nitrogens with one attached hydrogen (secondary N) is 2. The van der Waals surface area contributed by atoms with Crippen LogP contribution >= 0.6 is 11.6 Å². The lowest BCUT2D eigenvalue weighted by atomic mass is 10.2. The highest BCUT2D eigenvalue weighted by Crippen LogP contribution is 2.32. The third kappa shape index (κ3) is 4.15. The first kappa shape index (κ1) is 17.8. The minimum atomic E-state index is -0.270. The van der Waals surface area contributed by atoms with Gasteiger partial charge in [-0.15, -0.1) is 0 Å². The number of rotatable bonds is 6. The van der Waals surface area contributed by atoms with E-state index >= 15 is 0 Å². The van der Waals surface area contributed by atoms with Crippen LogP contribution in [0.5, 0.6) is 5.75 Å². The Bertz CT molecular complexity index is 893. The number of hydrogen-bond donors (Lipinski definition) is 2. The highest BCUT2D eigenvalue weighted by atomic mass is 35.5. The maximum atomic E-state index is 12.1. The number of anilines is 2. The predicted molar refractivity (Wildman–Crippen MR) is 100 cm³/mol. The minimum Gasteiger partial charge on any atom is -0.495 e. The van der Waals surface area contributed by atoms with Crippen molar-refractivity contribution in [3.05, 3.63) is 70.9 Å². The normalized spacial score (nSPS) is 10.4. The Balaban J connectivity index is 1.68. The number of methoxy groups -OCH3 is 1. The zero-order valence-corrected chi connectivity index (χ0v) is 15.1. The molecule has 1 amide bonds. The fraction of sp³-hybridized carbons (Fsp3) is 0.158. The smallest absolute Gasteiger partial charge is 0.270 e. The van der Waals surface area contributed by atoms with Crippen LogP contribution in [0.1, 0.15) is 21.8 Å². The molecular formula is C19H18ClN3O3. The van der Waals surface area contributed by atoms with E-state index in [1.54, 1.807) is 49.9 Å². The third-order valence-electron chi connectivity index (χ3n) is 3.76. The number of benzene rings is 1. The van der Waals surface area contributed by atoms with Gasteiger partial charge in [0.2, 0.25) is 0 Å². The maximum absolute atomic E-state index is 12.1. The van der Waals surface area contributed by atoms with E-state index in [0.29, 0.717) is 28.8 Å². The molecule has 0 fully saturated rings. The maximum Gasteiger partial charge on any atom is 0.270 e. The van der Waals surface area contributed by atoms with Crippen molar-refractivity contribution >= 4 is 28.9 Å². The van der Waals surface area contributed by atoms with E-state index in [4.69, 9.17) is 20.8 Å². The summed E-state index contributed by atoms with van der Waals surface area (Å²) in [6.07, 6.45) is 3.15. The predicted octanol–water partition coefficient (Wildman–Crippen LogP) is 4.32. The summed E-state index contributed by atoms with van der Waals surface area (Å²) in [5, 5.41) is 6.60. The first-order chi connectivity index (χ1) is 12.6. The number of halogens is 1. The average molecular weight is 372 g/mol. The van der Waals surface area contributed by atoms with Crippen molar-refractivity contribution in [2.75, 3.05) is 12.4 Å². The molecule has 0 radical (unpaired) electrons. The minimum absolute atomic E-state index is 0.270. The van der Waals surface area contributed by atoms with Gasteiger partial charge in [0.15, 0.2) is 0 Å². The van der Waals surface area contributed by atoms with Crippen molar-refractivity contribution in [2.24, 2.45) is 0 Å². The zero-order valence-electron chi connectivity index (χ0n) is 14.4. The monoisotopic (exact) mass is 371 g/mol. The molecule has 26 heavy (non-hydrogen) atoms. The SMILES string of the molecule is COc1cc(Cl)c(C)cc1Nc1ccc(C(=O)NCc2ccco2)nc1. The summed E-state index contributed by atoms with van der Waals surface area (Å²) in [6, 6.07) is 10.6. The van der Waals surface area contributed by atoms with Crippen molar-refractivity contribution < 1.29 is 13.9 Å². The fourth-order valence-electron chi connectivity index (χ4n) is 2.36. The Morgan fingerprint density at radius 3 is 2.81 bits per heavy atom. The number of hydrogen-bond acceptors (Lipinski definition) is 5. The number of aryl methyl sites for hydroxylation is 1. The van der Waals surface area contributed by atoms with Gasteiger partial charge in [0.25, 0.3) is 5.91 Å². The summed E-state index contributed by atoms with van der Waals surface area (Å²) >= 11 is 6.12. The molecule has 0 aliphatic rings. The van der Waals surface area contributed by atoms with Crippen LogP contribution in [-0.2, 0) is 6.54 Å². The molecule has 0 unspecified atom stereocenters. The number of nitrogens with zero attached hydrogens (tertiary/aromatic N) is 1. The first-order valence-electron chi connectivity index (χ1n) is 7.94. The van der Waals surface area contributed by atoms with E-state index in [9.17, 15) is 4.79 Å². The Morgan fingerprint density at radius 2 is 2.15 bits per heavy atom. The average Bonchev–Trinajstić information content (AvgIpc) is 3.17. The van der Waals surface area contributed by atoms with Gasteiger partial charge in [-0.05, 0) is 42.8 Å². The van der Waals surface area contributed by atoms with Gasteiger partial charge in [-0.1, -0.05) is 11.6 Å². The molecule has 0 aliphatic heterocycles. The Labute approximate surface area is 156 Å². The van der Waals surface area contributed by atoms with E-state index in [0.717, 1.165) is 16.9 Å². The van der Waals surface area contributed by atoms with Crippen molar-refractivity contribution in [3.63, 3.8) is 0 Å². The van der Waals surface area contributed by atoms with Crippen LogP contribution in [0.3, 0.4) is 0 Å². The number of ether oxygens (including phenoxy) is 1. The lowest BCUT2D eigenvalue weighted by Crippen LogP contribution is -2.23. The molecule has 3 aromatic rings. The summed E-state index contributed by atoms with van der Waals surface area (Å²) in [5.74, 6) is 1.04. The van der Waals surface area contributed by atoms with Gasteiger partial charge < -0.3 is 19.8 Å². The van der Waals surface area contributed by atoms with Gasteiger partial charge in [0.05, 0.1) is 37.5 Å². The molecule has 2 N–H and O–H groups in total. The van der Waals surface area contributed by atoms with E-state index in [-0.39, 0.29) is 5.91 Å². The molecule has 0 spiro atoms. The number of aromatic nitrogens is 1. The molecule has 6 nitrogen and oxygen atoms in total. The van der Waals surface area contributed by atoms with Crippen LogP contribution in [0.15, 0.2) is 53.3 Å². The van der Waals surface area contributed by atoms with Gasteiger partial charge in [0.1, 0.15) is 17.2 Å². The standard InChI is InChI=1S/C19H18ClN3O3/c1-12-8-17(18(25-2)9-15(12)20)23-13-5-6-16(21-10-13)19(24)22-11-14-4-3-7-26-14/h3-10,23H,11H2,1-2H3,(H,22,24). The quantitative estimate of drug-likeness (QED) is 0.674. The number of furan rings is 1. The van der Waals surface area contributed by atoms with E-state index in [1.807, 2.05) is 13.0 Å². The van der Waals surface area contributed by atoms with E-state index < -0.39 is 0 Å². The van der Waals surface area contributed by atoms with Gasteiger partial charge in [-0.2, -0.15) is 0 Å². The molecule has 7 heteroatoms. The van der Waals surface area contributed by atoms with Crippen LogP contribution in [0.25, 0.3) is 0 Å². The summed E-state index contributed by atoms with van der Waals surface area (Å²) < 4.78 is 10.5. The molecule has 0 saturated heterocycles. The molecule has 134 valence electrons. The number of carbonyl (C=O) groups excluding carboxylic acids is 1. The second kappa shape index (κ2) is 7.93. The van der Waals surface area contributed by atoms with Crippen LogP contribution in [-0.4, -0.2) is 18.0 Å². The molecule has 0 atom stereocenters. The number of amides is 1. The summed E-state index contributed by atoms with van der Waals surface area (Å²) in [7, 11) is 1.58. The highest BCUT2D eigenvalue weighted by molar-refractivity contribution is 6.31. The molecule has 0 saturated carbocycles. The van der Waals surface area contributed by atoms with Crippen LogP contribution < -0.4 is 15.4 Å². The Kier molecular flexibility index (Phi) is 5.43. The van der Waals surface area contributed by atoms with E-state index in [2.05, 4.69) is 15.6 Å².